The molecule has 1 aliphatic carbocycles. The number of ether oxygens (including phenoxy) is 1. The molecule has 0 spiro atoms. The first-order chi connectivity index (χ1) is 17.1. The molecule has 0 amide bonds. The van der Waals surface area contributed by atoms with Gasteiger partial charge in [0.1, 0.15) is 17.0 Å². The Morgan fingerprint density at radius 1 is 1.19 bits per heavy atom. The molecule has 4 aromatic rings. The third-order valence-electron chi connectivity index (χ3n) is 8.01. The van der Waals surface area contributed by atoms with E-state index in [1.54, 1.807) is 13.2 Å². The lowest BCUT2D eigenvalue weighted by molar-refractivity contribution is -0.141. The second-order valence-corrected chi connectivity index (χ2v) is 11.1. The zero-order valence-corrected chi connectivity index (χ0v) is 20.7. The Labute approximate surface area is 207 Å². The minimum atomic E-state index is -1.28. The van der Waals surface area contributed by atoms with Crippen molar-refractivity contribution in [2.45, 2.75) is 39.0 Å². The Morgan fingerprint density at radius 2 is 1.97 bits per heavy atom. The number of hydrogen-bond acceptors (Lipinski definition) is 4. The Morgan fingerprint density at radius 3 is 2.67 bits per heavy atom. The van der Waals surface area contributed by atoms with E-state index in [1.165, 1.54) is 22.8 Å². The van der Waals surface area contributed by atoms with Crippen LogP contribution in [0.15, 0.2) is 47.4 Å². The highest BCUT2D eigenvalue weighted by atomic mass is 19.1. The number of aromatic nitrogens is 2. The van der Waals surface area contributed by atoms with Crippen LogP contribution >= 0.6 is 0 Å². The summed E-state index contributed by atoms with van der Waals surface area (Å²) in [6.07, 6.45) is 2.86. The highest BCUT2D eigenvalue weighted by molar-refractivity contribution is 6.08. The number of nitrogens with zero attached hydrogens (tertiary/aromatic N) is 2. The van der Waals surface area contributed by atoms with E-state index in [-0.39, 0.29) is 16.9 Å². The van der Waals surface area contributed by atoms with Crippen LogP contribution in [0.3, 0.4) is 0 Å². The Kier molecular flexibility index (Phi) is 4.66. The Hall–Kier alpha value is -3.74. The van der Waals surface area contributed by atoms with E-state index in [2.05, 4.69) is 4.98 Å². The van der Waals surface area contributed by atoms with Gasteiger partial charge in [-0.05, 0) is 65.1 Å². The number of halogens is 1. The van der Waals surface area contributed by atoms with Crippen LogP contribution in [-0.4, -0.2) is 27.2 Å². The van der Waals surface area contributed by atoms with Gasteiger partial charge in [0.2, 0.25) is 0 Å². The molecule has 0 radical (unpaired) electrons. The fourth-order valence-corrected chi connectivity index (χ4v) is 6.29. The van der Waals surface area contributed by atoms with Gasteiger partial charge in [0.15, 0.2) is 0 Å². The molecule has 6 nitrogen and oxygen atoms in total. The second-order valence-electron chi connectivity index (χ2n) is 11.1. The summed E-state index contributed by atoms with van der Waals surface area (Å²) in [5, 5.41) is 12.2. The van der Waals surface area contributed by atoms with Gasteiger partial charge in [-0.15, -0.1) is 0 Å². The highest BCUT2D eigenvalue weighted by Gasteiger charge is 2.67. The van der Waals surface area contributed by atoms with E-state index < -0.39 is 17.2 Å². The quantitative estimate of drug-likeness (QED) is 0.430. The lowest BCUT2D eigenvalue weighted by Crippen LogP contribution is -2.35. The predicted molar refractivity (Wildman–Crippen MR) is 136 cm³/mol. The van der Waals surface area contributed by atoms with Crippen LogP contribution in [0.1, 0.15) is 38.4 Å². The third kappa shape index (κ3) is 2.98. The van der Waals surface area contributed by atoms with Crippen molar-refractivity contribution in [1.82, 2.24) is 9.55 Å². The van der Waals surface area contributed by atoms with Crippen LogP contribution in [0.25, 0.3) is 32.8 Å². The molecule has 7 heteroatoms. The van der Waals surface area contributed by atoms with E-state index in [4.69, 9.17) is 4.74 Å². The number of carbonyl (C=O) groups is 1. The fraction of sp³-hybridized carbons (Fsp3) is 0.345. The smallest absolute Gasteiger partial charge is 0.316 e. The zero-order valence-electron chi connectivity index (χ0n) is 20.7. The molecule has 184 valence electrons. The molecule has 1 aliphatic heterocycles. The van der Waals surface area contributed by atoms with E-state index in [1.807, 2.05) is 39.0 Å². The molecule has 0 saturated heterocycles. The SMILES string of the molecule is Cn1c([C@]2(C(=O)O)CC2C(C)(C)C)c(-c2ccc3c4c(ccnc24)CCO3)c2cc(F)ccc2c1=O. The number of benzene rings is 2. The van der Waals surface area contributed by atoms with E-state index >= 15 is 0 Å². The summed E-state index contributed by atoms with van der Waals surface area (Å²) in [6, 6.07) is 9.77. The third-order valence-corrected chi connectivity index (χ3v) is 8.01. The molecule has 6 rings (SSSR count). The van der Waals surface area contributed by atoms with Crippen molar-refractivity contribution in [2.24, 2.45) is 18.4 Å². The van der Waals surface area contributed by atoms with Crippen LogP contribution in [0.5, 0.6) is 5.75 Å². The van der Waals surface area contributed by atoms with E-state index in [0.717, 1.165) is 23.1 Å². The van der Waals surface area contributed by atoms with Gasteiger partial charge in [-0.1, -0.05) is 20.8 Å². The van der Waals surface area contributed by atoms with Gasteiger partial charge in [0.05, 0.1) is 12.1 Å². The number of aliphatic carboxylic acids is 1. The maximum Gasteiger partial charge on any atom is 0.316 e. The van der Waals surface area contributed by atoms with Crippen LogP contribution in [0.4, 0.5) is 4.39 Å². The molecule has 1 N–H and O–H groups in total. The van der Waals surface area contributed by atoms with Gasteiger partial charge in [-0.25, -0.2) is 4.39 Å². The van der Waals surface area contributed by atoms with E-state index in [9.17, 15) is 19.1 Å². The molecule has 2 aliphatic rings. The first kappa shape index (κ1) is 22.7. The van der Waals surface area contributed by atoms with Gasteiger partial charge < -0.3 is 14.4 Å². The Bertz CT molecular complexity index is 1660. The highest BCUT2D eigenvalue weighted by Crippen LogP contribution is 2.64. The summed E-state index contributed by atoms with van der Waals surface area (Å²) in [5.41, 5.74) is 1.43. The number of rotatable bonds is 3. The van der Waals surface area contributed by atoms with Crippen molar-refractivity contribution in [3.05, 3.63) is 70.0 Å². The van der Waals surface area contributed by atoms with Gasteiger partial charge in [0, 0.05) is 47.3 Å². The molecule has 3 heterocycles. The lowest BCUT2D eigenvalue weighted by Gasteiger charge is -2.28. The summed E-state index contributed by atoms with van der Waals surface area (Å²) in [4.78, 5) is 31.2. The molecular weight excluding hydrogens is 459 g/mol. The van der Waals surface area contributed by atoms with Gasteiger partial charge in [-0.3, -0.25) is 14.6 Å². The van der Waals surface area contributed by atoms with Crippen molar-refractivity contribution in [2.75, 3.05) is 6.61 Å². The van der Waals surface area contributed by atoms with Crippen molar-refractivity contribution >= 4 is 27.6 Å². The van der Waals surface area contributed by atoms with Crippen LogP contribution in [0, 0.1) is 17.2 Å². The molecule has 2 aromatic carbocycles. The first-order valence-electron chi connectivity index (χ1n) is 12.2. The topological polar surface area (TPSA) is 81.4 Å². The number of carboxylic acid groups (broad SMARTS) is 1. The monoisotopic (exact) mass is 486 g/mol. The average Bonchev–Trinajstić information content (AvgIpc) is 3.60. The Balaban J connectivity index is 1.81. The second kappa shape index (κ2) is 7.38. The van der Waals surface area contributed by atoms with Gasteiger partial charge in [0.25, 0.3) is 5.56 Å². The van der Waals surface area contributed by atoms with Crippen molar-refractivity contribution in [1.29, 1.82) is 0 Å². The first-order valence-corrected chi connectivity index (χ1v) is 12.2. The summed E-state index contributed by atoms with van der Waals surface area (Å²) >= 11 is 0. The normalized spacial score (nSPS) is 21.0. The summed E-state index contributed by atoms with van der Waals surface area (Å²) in [6.45, 7) is 6.62. The number of pyridine rings is 2. The molecule has 36 heavy (non-hydrogen) atoms. The summed E-state index contributed by atoms with van der Waals surface area (Å²) in [5.74, 6) is -0.950. The predicted octanol–water partition coefficient (Wildman–Crippen LogP) is 5.22. The fourth-order valence-electron chi connectivity index (χ4n) is 6.29. The molecule has 0 bridgehead atoms. The molecular formula is C29H27FN2O4. The maximum atomic E-state index is 14.7. The molecule has 2 atom stereocenters. The molecule has 1 fully saturated rings. The van der Waals surface area contributed by atoms with E-state index in [0.29, 0.717) is 46.1 Å². The maximum absolute atomic E-state index is 14.7. The van der Waals surface area contributed by atoms with Crippen LogP contribution in [-0.2, 0) is 23.7 Å². The average molecular weight is 487 g/mol. The van der Waals surface area contributed by atoms with Gasteiger partial charge in [-0.2, -0.15) is 0 Å². The molecule has 2 aromatic heterocycles. The van der Waals surface area contributed by atoms with Crippen molar-refractivity contribution < 1.29 is 19.0 Å². The molecule has 1 unspecified atom stereocenters. The van der Waals surface area contributed by atoms with Gasteiger partial charge >= 0.3 is 5.97 Å². The van der Waals surface area contributed by atoms with Crippen LogP contribution in [0.2, 0.25) is 0 Å². The lowest BCUT2D eigenvalue weighted by atomic mass is 9.80. The minimum Gasteiger partial charge on any atom is -0.493 e. The van der Waals surface area contributed by atoms with Crippen LogP contribution < -0.4 is 10.3 Å². The summed E-state index contributed by atoms with van der Waals surface area (Å²) in [7, 11) is 1.62. The van der Waals surface area contributed by atoms with Crippen molar-refractivity contribution in [3.63, 3.8) is 0 Å². The summed E-state index contributed by atoms with van der Waals surface area (Å²) < 4.78 is 22.0. The number of fused-ring (bicyclic) bond motifs is 1. The largest absolute Gasteiger partial charge is 0.493 e. The zero-order chi connectivity index (χ0) is 25.6. The minimum absolute atomic E-state index is 0.200. The molecule has 1 saturated carbocycles. The van der Waals surface area contributed by atoms with Crippen molar-refractivity contribution in [3.8, 4) is 16.9 Å². The number of hydrogen-bond donors (Lipinski definition) is 1. The standard InChI is InChI=1S/C29H27FN2O4/c1-28(2,3)21-14-29(21,27(34)35)25-23(19-13-16(30)5-6-17(19)26(33)32(25)4)18-7-8-20-22-15(10-12-36-20)9-11-31-24(18)22/h5-9,11,13,21H,10,12,14H2,1-4H3,(H,34,35)/t21?,29-/m0/s1. The number of carboxylic acids is 1.